The summed E-state index contributed by atoms with van der Waals surface area (Å²) in [6.45, 7) is 4.96. The van der Waals surface area contributed by atoms with Crippen LogP contribution in [0, 0.1) is 0 Å². The lowest BCUT2D eigenvalue weighted by atomic mass is 10.3. The molecule has 1 rings (SSSR count). The van der Waals surface area contributed by atoms with Gasteiger partial charge in [0.25, 0.3) is 0 Å². The summed E-state index contributed by atoms with van der Waals surface area (Å²) in [6.07, 6.45) is 2.66. The van der Waals surface area contributed by atoms with Crippen molar-refractivity contribution in [2.75, 3.05) is 26.2 Å². The van der Waals surface area contributed by atoms with Gasteiger partial charge in [0, 0.05) is 32.6 Å². The number of amides is 1. The Kier molecular flexibility index (Phi) is 5.63. The minimum absolute atomic E-state index is 0.0902. The fourth-order valence-corrected chi connectivity index (χ4v) is 1.56. The Balaban J connectivity index is 2.50. The van der Waals surface area contributed by atoms with E-state index >= 15 is 0 Å². The molecular formula is C10H21N5O. The number of nitrogens with zero attached hydrogens (tertiary/aromatic N) is 2. The molecule has 0 spiro atoms. The number of hydrogen-bond donors (Lipinski definition) is 3. The van der Waals surface area contributed by atoms with Gasteiger partial charge in [-0.2, -0.15) is 0 Å². The molecular weight excluding hydrogens is 206 g/mol. The number of carbonyl (C=O) groups is 1. The maximum absolute atomic E-state index is 11.2. The van der Waals surface area contributed by atoms with E-state index in [0.29, 0.717) is 25.5 Å². The van der Waals surface area contributed by atoms with Gasteiger partial charge in [-0.15, -0.1) is 0 Å². The van der Waals surface area contributed by atoms with Gasteiger partial charge >= 0.3 is 0 Å². The van der Waals surface area contributed by atoms with Crippen molar-refractivity contribution in [2.24, 2.45) is 10.8 Å². The van der Waals surface area contributed by atoms with Crippen molar-refractivity contribution in [1.82, 2.24) is 15.6 Å². The molecule has 0 aliphatic carbocycles. The summed E-state index contributed by atoms with van der Waals surface area (Å²) in [7, 11) is 0. The summed E-state index contributed by atoms with van der Waals surface area (Å²) in [4.78, 5) is 17.6. The van der Waals surface area contributed by atoms with E-state index in [9.17, 15) is 4.79 Å². The van der Waals surface area contributed by atoms with E-state index in [1.807, 2.05) is 4.90 Å². The van der Waals surface area contributed by atoms with Crippen LogP contribution in [0.25, 0.3) is 0 Å². The zero-order valence-electron chi connectivity index (χ0n) is 9.83. The summed E-state index contributed by atoms with van der Waals surface area (Å²) < 4.78 is 0. The number of nitrogens with one attached hydrogen (secondary N) is 2. The van der Waals surface area contributed by atoms with Gasteiger partial charge in [-0.3, -0.25) is 15.2 Å². The van der Waals surface area contributed by atoms with Crippen LogP contribution in [0.4, 0.5) is 0 Å². The molecule has 6 nitrogen and oxygen atoms in total. The molecule has 1 fully saturated rings. The number of hydrogen-bond acceptors (Lipinski definition) is 3. The summed E-state index contributed by atoms with van der Waals surface area (Å²) >= 11 is 0. The normalized spacial score (nSPS) is 18.0. The van der Waals surface area contributed by atoms with Crippen LogP contribution < -0.4 is 16.6 Å². The number of rotatable bonds is 3. The van der Waals surface area contributed by atoms with Gasteiger partial charge in [0.05, 0.1) is 0 Å². The summed E-state index contributed by atoms with van der Waals surface area (Å²) in [6, 6.07) is 0. The SMILES string of the molecule is CCCCN=C(NN)N1CCNC(=O)CC1. The Labute approximate surface area is 96.2 Å². The lowest BCUT2D eigenvalue weighted by molar-refractivity contribution is -0.120. The third-order valence-electron chi connectivity index (χ3n) is 2.51. The van der Waals surface area contributed by atoms with E-state index in [2.05, 4.69) is 22.7 Å². The second-order valence-corrected chi connectivity index (χ2v) is 3.79. The maximum atomic E-state index is 11.2. The first-order valence-corrected chi connectivity index (χ1v) is 5.80. The van der Waals surface area contributed by atoms with E-state index < -0.39 is 0 Å². The highest BCUT2D eigenvalue weighted by atomic mass is 16.1. The van der Waals surface area contributed by atoms with Crippen molar-refractivity contribution in [3.8, 4) is 0 Å². The molecule has 1 heterocycles. The molecule has 0 aromatic rings. The number of guanidine groups is 1. The third kappa shape index (κ3) is 4.06. The van der Waals surface area contributed by atoms with E-state index in [1.54, 1.807) is 0 Å². The quantitative estimate of drug-likeness (QED) is 0.198. The Hall–Kier alpha value is -1.30. The van der Waals surface area contributed by atoms with Crippen molar-refractivity contribution in [1.29, 1.82) is 0 Å². The summed E-state index contributed by atoms with van der Waals surface area (Å²) in [5, 5.41) is 2.82. The Bertz CT molecular complexity index is 254. The lowest BCUT2D eigenvalue weighted by Gasteiger charge is -2.22. The monoisotopic (exact) mass is 227 g/mol. The largest absolute Gasteiger partial charge is 0.354 e. The predicted molar refractivity (Wildman–Crippen MR) is 63.7 cm³/mol. The standard InChI is InChI=1S/C10H21N5O/c1-2-3-5-13-10(14-11)15-7-4-9(16)12-6-8-15/h2-8,11H2,1H3,(H,12,16)(H,13,14). The number of carbonyl (C=O) groups excluding carboxylic acids is 1. The second kappa shape index (κ2) is 7.05. The molecule has 0 bridgehead atoms. The maximum Gasteiger partial charge on any atom is 0.221 e. The minimum Gasteiger partial charge on any atom is -0.354 e. The van der Waals surface area contributed by atoms with Crippen molar-refractivity contribution in [3.63, 3.8) is 0 Å². The highest BCUT2D eigenvalue weighted by molar-refractivity contribution is 5.81. The molecule has 0 aromatic carbocycles. The highest BCUT2D eigenvalue weighted by Crippen LogP contribution is 1.98. The molecule has 6 heteroatoms. The molecule has 0 aromatic heterocycles. The van der Waals surface area contributed by atoms with Crippen molar-refractivity contribution in [2.45, 2.75) is 26.2 Å². The smallest absolute Gasteiger partial charge is 0.221 e. The van der Waals surface area contributed by atoms with Gasteiger partial charge in [0.2, 0.25) is 11.9 Å². The van der Waals surface area contributed by atoms with Gasteiger partial charge in [-0.05, 0) is 6.42 Å². The third-order valence-corrected chi connectivity index (χ3v) is 2.51. The first-order chi connectivity index (χ1) is 7.77. The zero-order chi connectivity index (χ0) is 11.8. The zero-order valence-corrected chi connectivity index (χ0v) is 9.83. The summed E-state index contributed by atoms with van der Waals surface area (Å²) in [5.41, 5.74) is 2.61. The Morgan fingerprint density at radius 1 is 1.62 bits per heavy atom. The molecule has 1 amide bonds. The number of hydrazine groups is 1. The van der Waals surface area contributed by atoms with Gasteiger partial charge in [0.1, 0.15) is 0 Å². The molecule has 0 radical (unpaired) electrons. The lowest BCUT2D eigenvalue weighted by Crippen LogP contribution is -2.46. The van der Waals surface area contributed by atoms with E-state index in [1.165, 1.54) is 0 Å². The van der Waals surface area contributed by atoms with Crippen LogP contribution in [-0.2, 0) is 4.79 Å². The van der Waals surface area contributed by atoms with Crippen LogP contribution in [0.5, 0.6) is 0 Å². The molecule has 16 heavy (non-hydrogen) atoms. The fraction of sp³-hybridized carbons (Fsp3) is 0.800. The van der Waals surface area contributed by atoms with Gasteiger partial charge < -0.3 is 10.2 Å². The van der Waals surface area contributed by atoms with Crippen LogP contribution in [-0.4, -0.2) is 42.9 Å². The average molecular weight is 227 g/mol. The fourth-order valence-electron chi connectivity index (χ4n) is 1.56. The Morgan fingerprint density at radius 3 is 3.12 bits per heavy atom. The number of nitrogens with two attached hydrogens (primary N) is 1. The molecule has 1 aliphatic rings. The molecule has 1 aliphatic heterocycles. The van der Waals surface area contributed by atoms with Crippen molar-refractivity contribution in [3.05, 3.63) is 0 Å². The molecule has 92 valence electrons. The summed E-state index contributed by atoms with van der Waals surface area (Å²) in [5.74, 6) is 6.22. The first-order valence-electron chi connectivity index (χ1n) is 5.80. The predicted octanol–water partition coefficient (Wildman–Crippen LogP) is -0.572. The van der Waals surface area contributed by atoms with Gasteiger partial charge in [0.15, 0.2) is 0 Å². The first kappa shape index (κ1) is 12.8. The average Bonchev–Trinajstić information content (AvgIpc) is 2.50. The number of unbranched alkanes of at least 4 members (excludes halogenated alkanes) is 1. The Morgan fingerprint density at radius 2 is 2.44 bits per heavy atom. The van der Waals surface area contributed by atoms with Crippen LogP contribution in [0.15, 0.2) is 4.99 Å². The van der Waals surface area contributed by atoms with Gasteiger partial charge in [-0.1, -0.05) is 13.3 Å². The highest BCUT2D eigenvalue weighted by Gasteiger charge is 2.15. The van der Waals surface area contributed by atoms with Crippen LogP contribution in [0.1, 0.15) is 26.2 Å². The molecule has 0 saturated carbocycles. The molecule has 4 N–H and O–H groups in total. The topological polar surface area (TPSA) is 82.8 Å². The van der Waals surface area contributed by atoms with Crippen LogP contribution in [0.3, 0.4) is 0 Å². The van der Waals surface area contributed by atoms with Crippen LogP contribution in [0.2, 0.25) is 0 Å². The van der Waals surface area contributed by atoms with Gasteiger partial charge in [-0.25, -0.2) is 5.84 Å². The van der Waals surface area contributed by atoms with Crippen molar-refractivity contribution >= 4 is 11.9 Å². The minimum atomic E-state index is 0.0902. The molecule has 0 unspecified atom stereocenters. The van der Waals surface area contributed by atoms with E-state index in [-0.39, 0.29) is 5.91 Å². The molecule has 0 atom stereocenters. The van der Waals surface area contributed by atoms with Crippen molar-refractivity contribution < 1.29 is 4.79 Å². The van der Waals surface area contributed by atoms with Crippen LogP contribution >= 0.6 is 0 Å². The second-order valence-electron chi connectivity index (χ2n) is 3.79. The number of aliphatic imine (C=N–C) groups is 1. The van der Waals surface area contributed by atoms with E-state index in [4.69, 9.17) is 5.84 Å². The molecule has 1 saturated heterocycles. The van der Waals surface area contributed by atoms with E-state index in [0.717, 1.165) is 25.9 Å².